The third kappa shape index (κ3) is 6.23. The number of rotatable bonds is 9. The van der Waals surface area contributed by atoms with Crippen molar-refractivity contribution in [2.24, 2.45) is 0 Å². The standard InChI is InChI=1S/C24H32N2O3/c1-28-22-8-6-7-21(24(22)29-2)13-14-23(27)25-17-19-9-11-20(12-10-19)18-26-15-4-3-5-16-26/h6-12H,3-5,13-18H2,1-2H3,(H,25,27). The third-order valence-electron chi connectivity index (χ3n) is 5.47. The first-order valence-corrected chi connectivity index (χ1v) is 10.5. The summed E-state index contributed by atoms with van der Waals surface area (Å²) in [4.78, 5) is 14.8. The summed E-state index contributed by atoms with van der Waals surface area (Å²) >= 11 is 0. The topological polar surface area (TPSA) is 50.8 Å². The van der Waals surface area contributed by atoms with Crippen LogP contribution in [-0.2, 0) is 24.3 Å². The molecule has 2 aromatic rings. The second kappa shape index (κ2) is 10.9. The lowest BCUT2D eigenvalue weighted by Crippen LogP contribution is -2.29. The number of methoxy groups -OCH3 is 2. The number of nitrogens with zero attached hydrogens (tertiary/aromatic N) is 1. The van der Waals surface area contributed by atoms with Gasteiger partial charge in [-0.05, 0) is 55.1 Å². The summed E-state index contributed by atoms with van der Waals surface area (Å²) in [7, 11) is 3.24. The molecule has 0 unspecified atom stereocenters. The zero-order chi connectivity index (χ0) is 20.5. The fourth-order valence-electron chi connectivity index (χ4n) is 3.83. The summed E-state index contributed by atoms with van der Waals surface area (Å²) in [6.45, 7) is 3.98. The van der Waals surface area contributed by atoms with Crippen LogP contribution in [0.3, 0.4) is 0 Å². The zero-order valence-electron chi connectivity index (χ0n) is 17.6. The number of carbonyl (C=O) groups is 1. The lowest BCUT2D eigenvalue weighted by atomic mass is 10.1. The number of piperidine rings is 1. The second-order valence-electron chi connectivity index (χ2n) is 7.58. The summed E-state index contributed by atoms with van der Waals surface area (Å²) in [5.74, 6) is 1.43. The molecule has 0 radical (unpaired) electrons. The third-order valence-corrected chi connectivity index (χ3v) is 5.47. The van der Waals surface area contributed by atoms with Crippen LogP contribution >= 0.6 is 0 Å². The van der Waals surface area contributed by atoms with Gasteiger partial charge in [-0.2, -0.15) is 0 Å². The fraction of sp³-hybridized carbons (Fsp3) is 0.458. The van der Waals surface area contributed by atoms with E-state index in [-0.39, 0.29) is 5.91 Å². The maximum absolute atomic E-state index is 12.3. The molecule has 1 amide bonds. The molecule has 0 saturated carbocycles. The first-order chi connectivity index (χ1) is 14.2. The predicted molar refractivity (Wildman–Crippen MR) is 115 cm³/mol. The molecular weight excluding hydrogens is 364 g/mol. The summed E-state index contributed by atoms with van der Waals surface area (Å²) < 4.78 is 10.8. The van der Waals surface area contributed by atoms with E-state index in [4.69, 9.17) is 9.47 Å². The quantitative estimate of drug-likeness (QED) is 0.698. The highest BCUT2D eigenvalue weighted by molar-refractivity contribution is 5.76. The highest BCUT2D eigenvalue weighted by atomic mass is 16.5. The summed E-state index contributed by atoms with van der Waals surface area (Å²) in [5.41, 5.74) is 3.44. The Morgan fingerprint density at radius 1 is 0.966 bits per heavy atom. The van der Waals surface area contributed by atoms with E-state index >= 15 is 0 Å². The van der Waals surface area contributed by atoms with Gasteiger partial charge < -0.3 is 14.8 Å². The van der Waals surface area contributed by atoms with Crippen LogP contribution in [0.1, 0.15) is 42.4 Å². The summed E-state index contributed by atoms with van der Waals surface area (Å²) in [6, 6.07) is 14.3. The molecule has 1 heterocycles. The largest absolute Gasteiger partial charge is 0.493 e. The molecule has 0 spiro atoms. The van der Waals surface area contributed by atoms with Crippen LogP contribution in [0.2, 0.25) is 0 Å². The summed E-state index contributed by atoms with van der Waals surface area (Å²) in [6.07, 6.45) is 5.01. The van der Waals surface area contributed by atoms with E-state index < -0.39 is 0 Å². The average molecular weight is 397 g/mol. The molecule has 1 aliphatic rings. The first kappa shape index (κ1) is 21.2. The van der Waals surface area contributed by atoms with Gasteiger partial charge in [0.25, 0.3) is 0 Å². The van der Waals surface area contributed by atoms with E-state index in [1.807, 2.05) is 18.2 Å². The number of hydrogen-bond acceptors (Lipinski definition) is 4. The van der Waals surface area contributed by atoms with Crippen molar-refractivity contribution in [1.82, 2.24) is 10.2 Å². The van der Waals surface area contributed by atoms with E-state index in [2.05, 4.69) is 34.5 Å². The maximum atomic E-state index is 12.3. The monoisotopic (exact) mass is 396 g/mol. The van der Waals surface area contributed by atoms with Gasteiger partial charge in [-0.1, -0.05) is 42.8 Å². The van der Waals surface area contributed by atoms with Gasteiger partial charge in [-0.15, -0.1) is 0 Å². The normalized spacial score (nSPS) is 14.4. The van der Waals surface area contributed by atoms with Crippen molar-refractivity contribution in [3.63, 3.8) is 0 Å². The minimum atomic E-state index is 0.0345. The SMILES string of the molecule is COc1cccc(CCC(=O)NCc2ccc(CN3CCCCC3)cc2)c1OC. The van der Waals surface area contributed by atoms with Crippen LogP contribution in [0.4, 0.5) is 0 Å². The van der Waals surface area contributed by atoms with Crippen molar-refractivity contribution < 1.29 is 14.3 Å². The minimum absolute atomic E-state index is 0.0345. The van der Waals surface area contributed by atoms with Crippen molar-refractivity contribution in [3.05, 3.63) is 59.2 Å². The Morgan fingerprint density at radius 2 is 1.69 bits per heavy atom. The first-order valence-electron chi connectivity index (χ1n) is 10.5. The minimum Gasteiger partial charge on any atom is -0.493 e. The molecule has 5 heteroatoms. The Labute approximate surface area is 174 Å². The molecule has 0 aliphatic carbocycles. The molecule has 1 aliphatic heterocycles. The van der Waals surface area contributed by atoms with Gasteiger partial charge in [0.15, 0.2) is 11.5 Å². The van der Waals surface area contributed by atoms with E-state index in [0.717, 1.165) is 17.7 Å². The van der Waals surface area contributed by atoms with Crippen LogP contribution in [-0.4, -0.2) is 38.1 Å². The van der Waals surface area contributed by atoms with E-state index in [1.54, 1.807) is 14.2 Å². The van der Waals surface area contributed by atoms with Gasteiger partial charge in [0.05, 0.1) is 14.2 Å². The number of para-hydroxylation sites is 1. The lowest BCUT2D eigenvalue weighted by molar-refractivity contribution is -0.121. The Balaban J connectivity index is 1.44. The van der Waals surface area contributed by atoms with Crippen LogP contribution in [0.15, 0.2) is 42.5 Å². The smallest absolute Gasteiger partial charge is 0.220 e. The Kier molecular flexibility index (Phi) is 7.94. The van der Waals surface area contributed by atoms with E-state index in [1.165, 1.54) is 37.9 Å². The van der Waals surface area contributed by atoms with Gasteiger partial charge >= 0.3 is 0 Å². The number of amides is 1. The van der Waals surface area contributed by atoms with Crippen LogP contribution in [0, 0.1) is 0 Å². The van der Waals surface area contributed by atoms with Crippen molar-refractivity contribution >= 4 is 5.91 Å². The molecule has 1 saturated heterocycles. The van der Waals surface area contributed by atoms with Crippen LogP contribution < -0.4 is 14.8 Å². The number of benzene rings is 2. The Bertz CT molecular complexity index is 783. The number of ether oxygens (including phenoxy) is 2. The molecule has 29 heavy (non-hydrogen) atoms. The number of nitrogens with one attached hydrogen (secondary N) is 1. The van der Waals surface area contributed by atoms with Crippen LogP contribution in [0.5, 0.6) is 11.5 Å². The number of hydrogen-bond donors (Lipinski definition) is 1. The van der Waals surface area contributed by atoms with Crippen LogP contribution in [0.25, 0.3) is 0 Å². The average Bonchev–Trinajstić information content (AvgIpc) is 2.77. The van der Waals surface area contributed by atoms with Crippen molar-refractivity contribution in [3.8, 4) is 11.5 Å². The van der Waals surface area contributed by atoms with Gasteiger partial charge in [0.2, 0.25) is 5.91 Å². The van der Waals surface area contributed by atoms with Gasteiger partial charge in [0, 0.05) is 19.5 Å². The molecular formula is C24H32N2O3. The molecule has 1 fully saturated rings. The maximum Gasteiger partial charge on any atom is 0.220 e. The molecule has 156 valence electrons. The second-order valence-corrected chi connectivity index (χ2v) is 7.58. The predicted octanol–water partition coefficient (Wildman–Crippen LogP) is 3.94. The van der Waals surface area contributed by atoms with Gasteiger partial charge in [-0.25, -0.2) is 0 Å². The number of likely N-dealkylation sites (tertiary alicyclic amines) is 1. The van der Waals surface area contributed by atoms with Crippen molar-refractivity contribution in [2.45, 2.75) is 45.2 Å². The van der Waals surface area contributed by atoms with Crippen molar-refractivity contribution in [2.75, 3.05) is 27.3 Å². The lowest BCUT2D eigenvalue weighted by Gasteiger charge is -2.26. The Hall–Kier alpha value is -2.53. The number of aryl methyl sites for hydroxylation is 1. The highest BCUT2D eigenvalue weighted by Gasteiger charge is 2.12. The summed E-state index contributed by atoms with van der Waals surface area (Å²) in [5, 5.41) is 3.01. The van der Waals surface area contributed by atoms with Crippen molar-refractivity contribution in [1.29, 1.82) is 0 Å². The fourth-order valence-corrected chi connectivity index (χ4v) is 3.83. The van der Waals surface area contributed by atoms with Gasteiger partial charge in [-0.3, -0.25) is 9.69 Å². The Morgan fingerprint density at radius 3 is 2.38 bits per heavy atom. The molecule has 2 aromatic carbocycles. The molecule has 3 rings (SSSR count). The van der Waals surface area contributed by atoms with E-state index in [0.29, 0.717) is 30.9 Å². The molecule has 0 atom stereocenters. The molecule has 5 nitrogen and oxygen atoms in total. The molecule has 0 bridgehead atoms. The van der Waals surface area contributed by atoms with Gasteiger partial charge in [0.1, 0.15) is 0 Å². The molecule has 0 aromatic heterocycles. The zero-order valence-corrected chi connectivity index (χ0v) is 17.6. The molecule has 1 N–H and O–H groups in total. The highest BCUT2D eigenvalue weighted by Crippen LogP contribution is 2.31. The number of carbonyl (C=O) groups excluding carboxylic acids is 1. The van der Waals surface area contributed by atoms with E-state index in [9.17, 15) is 4.79 Å².